The maximum atomic E-state index is 12.5. The summed E-state index contributed by atoms with van der Waals surface area (Å²) in [5.74, 6) is -0.400. The van der Waals surface area contributed by atoms with Crippen molar-refractivity contribution in [1.82, 2.24) is 4.31 Å². The van der Waals surface area contributed by atoms with E-state index in [1.54, 1.807) is 18.2 Å². The van der Waals surface area contributed by atoms with Crippen molar-refractivity contribution in [2.24, 2.45) is 0 Å². The van der Waals surface area contributed by atoms with Gasteiger partial charge in [0.15, 0.2) is 0 Å². The van der Waals surface area contributed by atoms with Gasteiger partial charge in [-0.15, -0.1) is 0 Å². The number of amides is 1. The minimum absolute atomic E-state index is 0.140. The second-order valence-corrected chi connectivity index (χ2v) is 8.79. The van der Waals surface area contributed by atoms with Gasteiger partial charge < -0.3 is 5.32 Å². The van der Waals surface area contributed by atoms with Crippen LogP contribution in [0.2, 0.25) is 0 Å². The van der Waals surface area contributed by atoms with Gasteiger partial charge in [0, 0.05) is 17.2 Å². The number of carbonyl (C=O) groups excluding carboxylic acids is 1. The highest BCUT2D eigenvalue weighted by molar-refractivity contribution is 9.10. The molecule has 1 amide bonds. The number of anilines is 1. The van der Waals surface area contributed by atoms with E-state index in [0.29, 0.717) is 5.69 Å². The topological polar surface area (TPSA) is 66.5 Å². The SMILES string of the molecule is CN(CC(=O)Nc1ccc2ccccc2c1)S(=O)(=O)c1ccc(Br)cc1. The lowest BCUT2D eigenvalue weighted by atomic mass is 10.1. The van der Waals surface area contributed by atoms with Crippen LogP contribution in [-0.2, 0) is 14.8 Å². The Hall–Kier alpha value is -2.22. The molecule has 0 saturated carbocycles. The Balaban J connectivity index is 1.71. The van der Waals surface area contributed by atoms with Gasteiger partial charge in [0.25, 0.3) is 0 Å². The first-order valence-electron chi connectivity index (χ1n) is 7.87. The van der Waals surface area contributed by atoms with Crippen molar-refractivity contribution in [3.8, 4) is 0 Å². The summed E-state index contributed by atoms with van der Waals surface area (Å²) < 4.78 is 26.9. The molecule has 3 rings (SSSR count). The summed E-state index contributed by atoms with van der Waals surface area (Å²) in [7, 11) is -2.34. The number of carbonyl (C=O) groups is 1. The number of hydrogen-bond acceptors (Lipinski definition) is 3. The number of sulfonamides is 1. The van der Waals surface area contributed by atoms with Crippen LogP contribution in [0.4, 0.5) is 5.69 Å². The average Bonchev–Trinajstić information content (AvgIpc) is 2.61. The fourth-order valence-electron chi connectivity index (χ4n) is 2.54. The first-order valence-corrected chi connectivity index (χ1v) is 10.1. The number of fused-ring (bicyclic) bond motifs is 1. The molecule has 26 heavy (non-hydrogen) atoms. The van der Waals surface area contributed by atoms with Gasteiger partial charge in [0.1, 0.15) is 0 Å². The van der Waals surface area contributed by atoms with Gasteiger partial charge >= 0.3 is 0 Å². The van der Waals surface area contributed by atoms with Gasteiger partial charge in [0.2, 0.25) is 15.9 Å². The van der Waals surface area contributed by atoms with Crippen molar-refractivity contribution < 1.29 is 13.2 Å². The maximum Gasteiger partial charge on any atom is 0.243 e. The summed E-state index contributed by atoms with van der Waals surface area (Å²) >= 11 is 3.27. The molecule has 0 radical (unpaired) electrons. The van der Waals surface area contributed by atoms with Crippen LogP contribution in [0.1, 0.15) is 0 Å². The minimum Gasteiger partial charge on any atom is -0.325 e. The van der Waals surface area contributed by atoms with E-state index in [2.05, 4.69) is 21.2 Å². The molecule has 3 aromatic carbocycles. The highest BCUT2D eigenvalue weighted by Gasteiger charge is 2.22. The average molecular weight is 433 g/mol. The molecule has 0 bridgehead atoms. The predicted octanol–water partition coefficient (Wildman–Crippen LogP) is 3.86. The highest BCUT2D eigenvalue weighted by Crippen LogP contribution is 2.20. The van der Waals surface area contributed by atoms with E-state index in [1.165, 1.54) is 19.2 Å². The van der Waals surface area contributed by atoms with Crippen molar-refractivity contribution >= 4 is 48.3 Å². The number of rotatable bonds is 5. The van der Waals surface area contributed by atoms with E-state index in [4.69, 9.17) is 0 Å². The van der Waals surface area contributed by atoms with Crippen LogP contribution >= 0.6 is 15.9 Å². The minimum atomic E-state index is -3.73. The van der Waals surface area contributed by atoms with Crippen LogP contribution < -0.4 is 5.32 Å². The monoisotopic (exact) mass is 432 g/mol. The summed E-state index contributed by atoms with van der Waals surface area (Å²) in [4.78, 5) is 12.4. The van der Waals surface area contributed by atoms with Crippen LogP contribution in [-0.4, -0.2) is 32.2 Å². The molecule has 0 aliphatic carbocycles. The lowest BCUT2D eigenvalue weighted by molar-refractivity contribution is -0.116. The third-order valence-corrected chi connectivity index (χ3v) is 6.27. The van der Waals surface area contributed by atoms with Crippen molar-refractivity contribution in [1.29, 1.82) is 0 Å². The first kappa shape index (κ1) is 18.6. The first-order chi connectivity index (χ1) is 12.4. The van der Waals surface area contributed by atoms with E-state index in [0.717, 1.165) is 19.6 Å². The summed E-state index contributed by atoms with van der Waals surface area (Å²) in [6.07, 6.45) is 0. The van der Waals surface area contributed by atoms with Crippen LogP contribution in [0.3, 0.4) is 0 Å². The Labute approximate surface area is 160 Å². The molecule has 7 heteroatoms. The Morgan fingerprint density at radius 1 is 1.00 bits per heavy atom. The smallest absolute Gasteiger partial charge is 0.243 e. The van der Waals surface area contributed by atoms with Gasteiger partial charge in [-0.1, -0.05) is 46.3 Å². The Morgan fingerprint density at radius 2 is 1.65 bits per heavy atom. The molecular weight excluding hydrogens is 416 g/mol. The summed E-state index contributed by atoms with van der Waals surface area (Å²) in [6.45, 7) is -0.273. The van der Waals surface area contributed by atoms with Crippen molar-refractivity contribution in [2.45, 2.75) is 4.90 Å². The third kappa shape index (κ3) is 4.12. The Morgan fingerprint density at radius 3 is 2.35 bits per heavy atom. The number of likely N-dealkylation sites (N-methyl/N-ethyl adjacent to an activating group) is 1. The molecule has 0 aliphatic rings. The van der Waals surface area contributed by atoms with E-state index >= 15 is 0 Å². The zero-order valence-corrected chi connectivity index (χ0v) is 16.4. The molecule has 0 aliphatic heterocycles. The summed E-state index contributed by atoms with van der Waals surface area (Å²) in [6, 6.07) is 19.7. The van der Waals surface area contributed by atoms with Crippen LogP contribution in [0, 0.1) is 0 Å². The van der Waals surface area contributed by atoms with E-state index in [-0.39, 0.29) is 11.4 Å². The predicted molar refractivity (Wildman–Crippen MR) is 107 cm³/mol. The molecule has 0 heterocycles. The molecule has 5 nitrogen and oxygen atoms in total. The lowest BCUT2D eigenvalue weighted by Gasteiger charge is -2.17. The summed E-state index contributed by atoms with van der Waals surface area (Å²) in [5, 5.41) is 4.82. The Bertz CT molecular complexity index is 1050. The molecule has 0 atom stereocenters. The number of hydrogen-bond donors (Lipinski definition) is 1. The van der Waals surface area contributed by atoms with Gasteiger partial charge in [-0.25, -0.2) is 8.42 Å². The second kappa shape index (κ2) is 7.57. The molecule has 1 N–H and O–H groups in total. The molecule has 0 unspecified atom stereocenters. The number of nitrogens with one attached hydrogen (secondary N) is 1. The van der Waals surface area contributed by atoms with Gasteiger partial charge in [-0.3, -0.25) is 4.79 Å². The molecule has 134 valence electrons. The van der Waals surface area contributed by atoms with Gasteiger partial charge in [-0.2, -0.15) is 4.31 Å². The second-order valence-electron chi connectivity index (χ2n) is 5.83. The van der Waals surface area contributed by atoms with Crippen LogP contribution in [0.5, 0.6) is 0 Å². The van der Waals surface area contributed by atoms with Crippen molar-refractivity contribution in [2.75, 3.05) is 18.9 Å². The van der Waals surface area contributed by atoms with E-state index in [1.807, 2.05) is 36.4 Å². The fraction of sp³-hybridized carbons (Fsp3) is 0.105. The maximum absolute atomic E-state index is 12.5. The summed E-state index contributed by atoms with van der Waals surface area (Å²) in [5.41, 5.74) is 0.628. The largest absolute Gasteiger partial charge is 0.325 e. The van der Waals surface area contributed by atoms with Gasteiger partial charge in [-0.05, 0) is 47.2 Å². The van der Waals surface area contributed by atoms with Crippen molar-refractivity contribution in [3.05, 3.63) is 71.2 Å². The van der Waals surface area contributed by atoms with Crippen molar-refractivity contribution in [3.63, 3.8) is 0 Å². The highest BCUT2D eigenvalue weighted by atomic mass is 79.9. The number of nitrogens with zero attached hydrogens (tertiary/aromatic N) is 1. The molecule has 3 aromatic rings. The number of halogens is 1. The standard InChI is InChI=1S/C19H17BrN2O3S/c1-22(26(24,25)18-10-7-16(20)8-11-18)13-19(23)21-17-9-6-14-4-2-3-5-15(14)12-17/h2-12H,13H2,1H3,(H,21,23). The van der Waals surface area contributed by atoms with E-state index < -0.39 is 15.9 Å². The fourth-order valence-corrected chi connectivity index (χ4v) is 3.93. The third-order valence-electron chi connectivity index (χ3n) is 3.92. The Kier molecular flexibility index (Phi) is 5.41. The lowest BCUT2D eigenvalue weighted by Crippen LogP contribution is -2.34. The van der Waals surface area contributed by atoms with Crippen LogP contribution in [0.25, 0.3) is 10.8 Å². The zero-order valence-electron chi connectivity index (χ0n) is 14.0. The van der Waals surface area contributed by atoms with Crippen LogP contribution in [0.15, 0.2) is 76.1 Å². The van der Waals surface area contributed by atoms with E-state index in [9.17, 15) is 13.2 Å². The molecule has 0 fully saturated rings. The zero-order chi connectivity index (χ0) is 18.7. The number of benzene rings is 3. The van der Waals surface area contributed by atoms with Gasteiger partial charge in [0.05, 0.1) is 11.4 Å². The molecular formula is C19H17BrN2O3S. The normalized spacial score (nSPS) is 11.7. The quantitative estimate of drug-likeness (QED) is 0.665. The molecule has 0 saturated heterocycles. The molecule has 0 spiro atoms. The molecule has 0 aromatic heterocycles.